The normalized spacial score (nSPS) is 10.1. The Hall–Kier alpha value is -2.65. The molecule has 1 heterocycles. The number of hydrazine groups is 1. The number of halogens is 1. The molecule has 0 radical (unpaired) electrons. The maximum absolute atomic E-state index is 10.9. The van der Waals surface area contributed by atoms with Crippen LogP contribution >= 0.6 is 11.6 Å². The fourth-order valence-corrected chi connectivity index (χ4v) is 1.62. The topological polar surface area (TPSA) is 142 Å². The lowest BCUT2D eigenvalue weighted by molar-refractivity contribution is -0.385. The summed E-state index contributed by atoms with van der Waals surface area (Å²) in [7, 11) is 0. The lowest BCUT2D eigenvalue weighted by atomic mass is 10.3. The van der Waals surface area contributed by atoms with Crippen molar-refractivity contribution in [1.82, 2.24) is 9.97 Å². The van der Waals surface area contributed by atoms with Crippen molar-refractivity contribution in [3.05, 3.63) is 39.4 Å². The Morgan fingerprint density at radius 1 is 1.40 bits per heavy atom. The zero-order valence-corrected chi connectivity index (χ0v) is 10.7. The highest BCUT2D eigenvalue weighted by Crippen LogP contribution is 2.37. The summed E-state index contributed by atoms with van der Waals surface area (Å²) < 4.78 is 5.32. The van der Waals surface area contributed by atoms with Gasteiger partial charge in [-0.15, -0.1) is 0 Å². The second kappa shape index (κ2) is 5.55. The molecule has 0 saturated heterocycles. The van der Waals surface area contributed by atoms with E-state index in [-0.39, 0.29) is 34.1 Å². The Balaban J connectivity index is 2.44. The average molecular weight is 297 g/mol. The van der Waals surface area contributed by atoms with Gasteiger partial charge in [-0.25, -0.2) is 5.84 Å². The SMILES string of the molecule is NNc1cc(Oc2c(Cl)cccc2[N+](=O)[O-])nc(N)n1. The van der Waals surface area contributed by atoms with Gasteiger partial charge in [-0.1, -0.05) is 17.7 Å². The van der Waals surface area contributed by atoms with Gasteiger partial charge in [-0.05, 0) is 6.07 Å². The van der Waals surface area contributed by atoms with Gasteiger partial charge in [0.2, 0.25) is 17.6 Å². The van der Waals surface area contributed by atoms with Gasteiger partial charge < -0.3 is 15.9 Å². The molecular weight excluding hydrogens is 288 g/mol. The molecule has 0 unspecified atom stereocenters. The number of nitro groups is 1. The highest BCUT2D eigenvalue weighted by atomic mass is 35.5. The van der Waals surface area contributed by atoms with Crippen molar-refractivity contribution in [3.8, 4) is 11.6 Å². The standard InChI is InChI=1S/C10H9ClN6O3/c11-5-2-1-3-6(17(18)19)9(5)20-8-4-7(16-13)14-10(12)15-8/h1-4H,13H2,(H3,12,14,15,16). The van der Waals surface area contributed by atoms with Crippen LogP contribution in [0.5, 0.6) is 11.6 Å². The number of aromatic nitrogens is 2. The van der Waals surface area contributed by atoms with Gasteiger partial charge in [0, 0.05) is 12.1 Å². The molecule has 20 heavy (non-hydrogen) atoms. The van der Waals surface area contributed by atoms with Crippen LogP contribution in [0.2, 0.25) is 5.02 Å². The van der Waals surface area contributed by atoms with Crippen molar-refractivity contribution in [2.45, 2.75) is 0 Å². The summed E-state index contributed by atoms with van der Waals surface area (Å²) in [4.78, 5) is 17.9. The molecule has 1 aromatic heterocycles. The number of para-hydroxylation sites is 1. The van der Waals surface area contributed by atoms with Gasteiger partial charge >= 0.3 is 5.69 Å². The number of hydrogen-bond acceptors (Lipinski definition) is 8. The summed E-state index contributed by atoms with van der Waals surface area (Å²) in [5, 5.41) is 11.0. The predicted molar refractivity (Wildman–Crippen MR) is 72.4 cm³/mol. The Morgan fingerprint density at radius 2 is 2.15 bits per heavy atom. The monoisotopic (exact) mass is 296 g/mol. The number of benzene rings is 1. The lowest BCUT2D eigenvalue weighted by Crippen LogP contribution is -2.10. The first-order valence-electron chi connectivity index (χ1n) is 5.23. The van der Waals surface area contributed by atoms with E-state index in [4.69, 9.17) is 27.9 Å². The van der Waals surface area contributed by atoms with Crippen LogP contribution in [-0.4, -0.2) is 14.9 Å². The van der Waals surface area contributed by atoms with E-state index in [1.807, 2.05) is 0 Å². The Kier molecular flexibility index (Phi) is 3.82. The minimum Gasteiger partial charge on any atom is -0.430 e. The largest absolute Gasteiger partial charge is 0.430 e. The van der Waals surface area contributed by atoms with Crippen molar-refractivity contribution >= 4 is 29.1 Å². The molecule has 0 atom stereocenters. The molecule has 0 spiro atoms. The minimum absolute atomic E-state index is 0.0262. The number of ether oxygens (including phenoxy) is 1. The van der Waals surface area contributed by atoms with Crippen molar-refractivity contribution in [1.29, 1.82) is 0 Å². The molecule has 0 fully saturated rings. The predicted octanol–water partition coefficient (Wildman–Crippen LogP) is 1.70. The maximum atomic E-state index is 10.9. The molecule has 10 heteroatoms. The number of anilines is 2. The van der Waals surface area contributed by atoms with E-state index in [1.165, 1.54) is 24.3 Å². The molecule has 0 bridgehead atoms. The third kappa shape index (κ3) is 2.84. The molecule has 0 amide bonds. The van der Waals surface area contributed by atoms with Crippen LogP contribution in [0.25, 0.3) is 0 Å². The van der Waals surface area contributed by atoms with Gasteiger partial charge in [0.15, 0.2) is 0 Å². The smallest absolute Gasteiger partial charge is 0.313 e. The zero-order chi connectivity index (χ0) is 14.7. The second-order valence-corrected chi connectivity index (χ2v) is 3.95. The summed E-state index contributed by atoms with van der Waals surface area (Å²) in [5.41, 5.74) is 7.43. The first kappa shape index (κ1) is 13.8. The fourth-order valence-electron chi connectivity index (χ4n) is 1.42. The third-order valence-corrected chi connectivity index (χ3v) is 2.51. The van der Waals surface area contributed by atoms with Gasteiger partial charge in [-0.2, -0.15) is 9.97 Å². The molecule has 1 aromatic carbocycles. The Labute approximate surface area is 117 Å². The zero-order valence-electron chi connectivity index (χ0n) is 9.91. The summed E-state index contributed by atoms with van der Waals surface area (Å²) in [6.07, 6.45) is 0. The van der Waals surface area contributed by atoms with Crippen molar-refractivity contribution in [2.24, 2.45) is 5.84 Å². The van der Waals surface area contributed by atoms with E-state index >= 15 is 0 Å². The van der Waals surface area contributed by atoms with Crippen LogP contribution in [0.1, 0.15) is 0 Å². The van der Waals surface area contributed by atoms with Crippen LogP contribution < -0.4 is 21.7 Å². The molecule has 0 aliphatic rings. The summed E-state index contributed by atoms with van der Waals surface area (Å²) >= 11 is 5.89. The van der Waals surface area contributed by atoms with Gasteiger partial charge in [-0.3, -0.25) is 10.1 Å². The highest BCUT2D eigenvalue weighted by molar-refractivity contribution is 6.32. The van der Waals surface area contributed by atoms with Gasteiger partial charge in [0.05, 0.1) is 9.95 Å². The first-order valence-corrected chi connectivity index (χ1v) is 5.61. The van der Waals surface area contributed by atoms with E-state index in [2.05, 4.69) is 15.4 Å². The minimum atomic E-state index is -0.617. The molecule has 104 valence electrons. The van der Waals surface area contributed by atoms with E-state index < -0.39 is 4.92 Å². The van der Waals surface area contributed by atoms with Crippen molar-refractivity contribution in [3.63, 3.8) is 0 Å². The third-order valence-electron chi connectivity index (χ3n) is 2.22. The maximum Gasteiger partial charge on any atom is 0.313 e. The van der Waals surface area contributed by atoms with Crippen LogP contribution in [-0.2, 0) is 0 Å². The van der Waals surface area contributed by atoms with E-state index in [1.54, 1.807) is 0 Å². The molecular formula is C10H9ClN6O3. The molecule has 0 saturated carbocycles. The number of nitrogens with two attached hydrogens (primary N) is 2. The number of hydrogen-bond donors (Lipinski definition) is 3. The Bertz CT molecular complexity index is 665. The van der Waals surface area contributed by atoms with Crippen LogP contribution in [0.3, 0.4) is 0 Å². The van der Waals surface area contributed by atoms with Crippen LogP contribution in [0.15, 0.2) is 24.3 Å². The highest BCUT2D eigenvalue weighted by Gasteiger charge is 2.20. The quantitative estimate of drug-likeness (QED) is 0.439. The number of nitro benzene ring substituents is 1. The van der Waals surface area contributed by atoms with Crippen molar-refractivity contribution < 1.29 is 9.66 Å². The first-order chi connectivity index (χ1) is 9.51. The van der Waals surface area contributed by atoms with Crippen LogP contribution in [0, 0.1) is 10.1 Å². The molecule has 2 rings (SSSR count). The number of nitrogen functional groups attached to an aromatic ring is 2. The van der Waals surface area contributed by atoms with E-state index in [0.717, 1.165) is 0 Å². The fraction of sp³-hybridized carbons (Fsp3) is 0. The van der Waals surface area contributed by atoms with Gasteiger partial charge in [0.1, 0.15) is 5.82 Å². The molecule has 9 nitrogen and oxygen atoms in total. The average Bonchev–Trinajstić information content (AvgIpc) is 2.40. The van der Waals surface area contributed by atoms with E-state index in [0.29, 0.717) is 0 Å². The molecule has 0 aliphatic carbocycles. The van der Waals surface area contributed by atoms with Gasteiger partial charge in [0.25, 0.3) is 0 Å². The summed E-state index contributed by atoms with van der Waals surface area (Å²) in [5.74, 6) is 5.13. The van der Waals surface area contributed by atoms with E-state index in [9.17, 15) is 10.1 Å². The van der Waals surface area contributed by atoms with Crippen LogP contribution in [0.4, 0.5) is 17.5 Å². The lowest BCUT2D eigenvalue weighted by Gasteiger charge is -2.08. The Morgan fingerprint density at radius 3 is 2.80 bits per heavy atom. The van der Waals surface area contributed by atoms with Crippen molar-refractivity contribution in [2.75, 3.05) is 11.2 Å². The number of rotatable bonds is 4. The molecule has 5 N–H and O–H groups in total. The molecule has 0 aliphatic heterocycles. The number of nitrogens with one attached hydrogen (secondary N) is 1. The summed E-state index contributed by atoms with van der Waals surface area (Å²) in [6, 6.07) is 5.47. The summed E-state index contributed by atoms with van der Waals surface area (Å²) in [6.45, 7) is 0. The number of nitrogens with zero attached hydrogens (tertiary/aromatic N) is 3. The second-order valence-electron chi connectivity index (χ2n) is 3.54. The molecule has 2 aromatic rings.